The topological polar surface area (TPSA) is 95.1 Å². The summed E-state index contributed by atoms with van der Waals surface area (Å²) in [7, 11) is 1.85. The minimum absolute atomic E-state index is 0.0885. The third-order valence-corrected chi connectivity index (χ3v) is 5.91. The van der Waals surface area contributed by atoms with Crippen molar-refractivity contribution in [1.82, 2.24) is 34.3 Å². The first-order valence-electron chi connectivity index (χ1n) is 10.5. The van der Waals surface area contributed by atoms with E-state index in [0.717, 1.165) is 39.9 Å². The molecule has 0 spiro atoms. The Kier molecular flexibility index (Phi) is 4.69. The zero-order valence-electron chi connectivity index (χ0n) is 17.7. The van der Waals surface area contributed by atoms with E-state index >= 15 is 0 Å². The molecule has 0 bridgehead atoms. The summed E-state index contributed by atoms with van der Waals surface area (Å²) < 4.78 is 9.83. The number of benzene rings is 1. The lowest BCUT2D eigenvalue weighted by Gasteiger charge is -2.23. The van der Waals surface area contributed by atoms with Gasteiger partial charge in [0, 0.05) is 36.0 Å². The van der Waals surface area contributed by atoms with Crippen molar-refractivity contribution >= 4 is 29.0 Å². The lowest BCUT2D eigenvalue weighted by molar-refractivity contribution is 0.245. The van der Waals surface area contributed by atoms with Gasteiger partial charge in [0.15, 0.2) is 5.65 Å². The molecule has 1 N–H and O–H groups in total. The molecule has 0 radical (unpaired) electrons. The van der Waals surface area contributed by atoms with Crippen LogP contribution in [0.5, 0.6) is 5.88 Å². The molecular formula is C23H19ClN8O. The zero-order chi connectivity index (χ0) is 22.4. The van der Waals surface area contributed by atoms with Gasteiger partial charge in [-0.1, -0.05) is 23.7 Å². The van der Waals surface area contributed by atoms with Crippen LogP contribution in [0.4, 0.5) is 11.8 Å². The van der Waals surface area contributed by atoms with Crippen LogP contribution in [0.3, 0.4) is 0 Å². The first-order chi connectivity index (χ1) is 16.1. The van der Waals surface area contributed by atoms with Gasteiger partial charge in [0.25, 0.3) is 0 Å². The van der Waals surface area contributed by atoms with Gasteiger partial charge in [-0.3, -0.25) is 4.68 Å². The van der Waals surface area contributed by atoms with E-state index in [1.807, 2.05) is 53.9 Å². The molecule has 33 heavy (non-hydrogen) atoms. The van der Waals surface area contributed by atoms with Crippen LogP contribution in [0.2, 0.25) is 5.02 Å². The molecule has 0 saturated heterocycles. The molecule has 0 unspecified atom stereocenters. The molecule has 0 amide bonds. The summed E-state index contributed by atoms with van der Waals surface area (Å²) in [6, 6.07) is 15.5. The Labute approximate surface area is 194 Å². The average molecular weight is 459 g/mol. The summed E-state index contributed by atoms with van der Waals surface area (Å²) >= 11 is 6.15. The van der Waals surface area contributed by atoms with Crippen molar-refractivity contribution < 1.29 is 4.74 Å². The van der Waals surface area contributed by atoms with Crippen molar-refractivity contribution in [2.45, 2.75) is 12.3 Å². The Bertz CT molecular complexity index is 1480. The van der Waals surface area contributed by atoms with Crippen LogP contribution in [0.1, 0.15) is 17.3 Å². The van der Waals surface area contributed by atoms with Crippen molar-refractivity contribution in [2.24, 2.45) is 7.05 Å². The molecule has 6 rings (SSSR count). The second-order valence-corrected chi connectivity index (χ2v) is 8.34. The molecule has 5 heterocycles. The third kappa shape index (κ3) is 3.66. The highest BCUT2D eigenvalue weighted by molar-refractivity contribution is 6.30. The summed E-state index contributed by atoms with van der Waals surface area (Å²) in [5.41, 5.74) is 3.48. The van der Waals surface area contributed by atoms with Gasteiger partial charge in [0.2, 0.25) is 11.8 Å². The normalized spacial score (nSPS) is 14.9. The van der Waals surface area contributed by atoms with Gasteiger partial charge in [-0.2, -0.15) is 5.10 Å². The molecule has 0 aliphatic carbocycles. The number of pyridine rings is 1. The van der Waals surface area contributed by atoms with Crippen molar-refractivity contribution in [3.8, 4) is 17.1 Å². The van der Waals surface area contributed by atoms with Crippen LogP contribution < -0.4 is 10.1 Å². The Hall–Kier alpha value is -3.98. The largest absolute Gasteiger partial charge is 0.478 e. The second-order valence-electron chi connectivity index (χ2n) is 7.91. The summed E-state index contributed by atoms with van der Waals surface area (Å²) in [4.78, 5) is 8.98. The Balaban J connectivity index is 1.32. The number of halogens is 1. The number of aryl methyl sites for hydroxylation is 1. The first-order valence-corrected chi connectivity index (χ1v) is 10.9. The van der Waals surface area contributed by atoms with Crippen molar-refractivity contribution in [3.05, 3.63) is 77.3 Å². The number of nitrogens with zero attached hydrogens (tertiary/aromatic N) is 7. The summed E-state index contributed by atoms with van der Waals surface area (Å²) in [5, 5.41) is 17.0. The predicted octanol–water partition coefficient (Wildman–Crippen LogP) is 4.04. The van der Waals surface area contributed by atoms with Crippen LogP contribution in [0.15, 0.2) is 60.9 Å². The van der Waals surface area contributed by atoms with Crippen LogP contribution >= 0.6 is 11.6 Å². The van der Waals surface area contributed by atoms with Crippen molar-refractivity contribution in [2.75, 3.05) is 11.9 Å². The molecule has 9 nitrogen and oxygen atoms in total. The number of hydrogen-bond acceptors (Lipinski definition) is 7. The van der Waals surface area contributed by atoms with Gasteiger partial charge in [0.1, 0.15) is 18.2 Å². The van der Waals surface area contributed by atoms with Gasteiger partial charge in [-0.15, -0.1) is 10.2 Å². The maximum absolute atomic E-state index is 6.15. The standard InChI is InChI=1S/C23H19ClN8O/c1-31-19(6-8-26-31)28-23-25-7-5-18(27-23)15-11-20-29-30-22-16(13-33-21(12-15)32(20)22)9-14-3-2-4-17(24)10-14/h2-8,10-12,16H,9,13H2,1H3,(H,25,27,28)/t16-/m0/s1. The van der Waals surface area contributed by atoms with Gasteiger partial charge < -0.3 is 10.1 Å². The Morgan fingerprint density at radius 1 is 1.12 bits per heavy atom. The zero-order valence-corrected chi connectivity index (χ0v) is 18.4. The Morgan fingerprint density at radius 2 is 2.06 bits per heavy atom. The molecule has 10 heteroatoms. The lowest BCUT2D eigenvalue weighted by atomic mass is 9.98. The number of nitrogens with one attached hydrogen (secondary N) is 1. The summed E-state index contributed by atoms with van der Waals surface area (Å²) in [6.45, 7) is 0.515. The number of rotatable bonds is 5. The molecule has 1 aliphatic heterocycles. The Morgan fingerprint density at radius 3 is 2.91 bits per heavy atom. The molecule has 1 aromatic carbocycles. The number of ether oxygens (including phenoxy) is 1. The second kappa shape index (κ2) is 7.86. The monoisotopic (exact) mass is 458 g/mol. The minimum Gasteiger partial charge on any atom is -0.478 e. The van der Waals surface area contributed by atoms with Gasteiger partial charge in [-0.05, 0) is 36.2 Å². The van der Waals surface area contributed by atoms with E-state index in [2.05, 4.69) is 36.6 Å². The van der Waals surface area contributed by atoms with Crippen LogP contribution in [-0.4, -0.2) is 41.0 Å². The number of anilines is 2. The molecule has 1 aliphatic rings. The fraction of sp³-hybridized carbons (Fsp3) is 0.174. The van der Waals surface area contributed by atoms with E-state index in [-0.39, 0.29) is 5.92 Å². The van der Waals surface area contributed by atoms with E-state index in [9.17, 15) is 0 Å². The maximum atomic E-state index is 6.15. The van der Waals surface area contributed by atoms with E-state index in [4.69, 9.17) is 16.3 Å². The van der Waals surface area contributed by atoms with E-state index < -0.39 is 0 Å². The smallest absolute Gasteiger partial charge is 0.228 e. The van der Waals surface area contributed by atoms with Gasteiger partial charge >= 0.3 is 0 Å². The fourth-order valence-corrected chi connectivity index (χ4v) is 4.29. The number of hydrogen-bond donors (Lipinski definition) is 1. The third-order valence-electron chi connectivity index (χ3n) is 5.68. The molecule has 1 atom stereocenters. The number of aromatic nitrogens is 7. The van der Waals surface area contributed by atoms with Gasteiger partial charge in [-0.25, -0.2) is 14.4 Å². The fourth-order valence-electron chi connectivity index (χ4n) is 4.08. The lowest BCUT2D eigenvalue weighted by Crippen LogP contribution is -2.22. The van der Waals surface area contributed by atoms with Gasteiger partial charge in [0.05, 0.1) is 17.8 Å². The SMILES string of the molecule is Cn1nccc1Nc1nccc(-c2cc3n4c(nnc4c2)[C@@H](Cc2cccc(Cl)c2)CO3)n1. The highest BCUT2D eigenvalue weighted by Crippen LogP contribution is 2.33. The van der Waals surface area contributed by atoms with Crippen LogP contribution in [0.25, 0.3) is 16.9 Å². The van der Waals surface area contributed by atoms with E-state index in [0.29, 0.717) is 24.1 Å². The highest BCUT2D eigenvalue weighted by atomic mass is 35.5. The molecule has 0 fully saturated rings. The molecule has 0 saturated carbocycles. The molecule has 5 aromatic rings. The highest BCUT2D eigenvalue weighted by Gasteiger charge is 2.27. The van der Waals surface area contributed by atoms with Crippen LogP contribution in [0, 0.1) is 0 Å². The quantitative estimate of drug-likeness (QED) is 0.424. The molecule has 4 aromatic heterocycles. The average Bonchev–Trinajstić information content (AvgIpc) is 3.43. The van der Waals surface area contributed by atoms with Crippen molar-refractivity contribution in [3.63, 3.8) is 0 Å². The van der Waals surface area contributed by atoms with Crippen LogP contribution in [-0.2, 0) is 13.5 Å². The predicted molar refractivity (Wildman–Crippen MR) is 124 cm³/mol. The summed E-state index contributed by atoms with van der Waals surface area (Å²) in [6.07, 6.45) is 4.20. The van der Waals surface area contributed by atoms with E-state index in [1.165, 1.54) is 0 Å². The molecule has 164 valence electrons. The molecular weight excluding hydrogens is 440 g/mol. The maximum Gasteiger partial charge on any atom is 0.228 e. The minimum atomic E-state index is 0.0885. The van der Waals surface area contributed by atoms with E-state index in [1.54, 1.807) is 17.1 Å². The first kappa shape index (κ1) is 19.7. The van der Waals surface area contributed by atoms with Crippen molar-refractivity contribution in [1.29, 1.82) is 0 Å². The summed E-state index contributed by atoms with van der Waals surface area (Å²) in [5.74, 6) is 2.96.